The molecule has 0 aliphatic heterocycles. The van der Waals surface area contributed by atoms with Gasteiger partial charge in [-0.3, -0.25) is 0 Å². The molecule has 3 fully saturated rings. The molecule has 0 unspecified atom stereocenters. The van der Waals surface area contributed by atoms with E-state index in [-0.39, 0.29) is 29.7 Å². The van der Waals surface area contributed by atoms with Crippen molar-refractivity contribution in [3.63, 3.8) is 0 Å². The van der Waals surface area contributed by atoms with Gasteiger partial charge in [-0.2, -0.15) is 0 Å². The largest absolute Gasteiger partial charge is 0.482 e. The second-order valence-corrected chi connectivity index (χ2v) is 17.0. The van der Waals surface area contributed by atoms with Crippen LogP contribution in [0.3, 0.4) is 0 Å². The van der Waals surface area contributed by atoms with Gasteiger partial charge in [0.2, 0.25) is 0 Å². The molecule has 0 bridgehead atoms. The van der Waals surface area contributed by atoms with Crippen LogP contribution >= 0.6 is 0 Å². The van der Waals surface area contributed by atoms with Gasteiger partial charge in [0, 0.05) is 17.9 Å². The fraction of sp³-hybridized carbons (Fsp3) is 0.628. The highest BCUT2D eigenvalue weighted by atomic mass is 16.6. The van der Waals surface area contributed by atoms with Crippen molar-refractivity contribution in [2.45, 2.75) is 118 Å². The molecule has 2 aromatic carbocycles. The molecule has 0 radical (unpaired) electrons. The number of allylic oxidation sites excluding steroid dienone is 1. The Bertz CT molecular complexity index is 1730. The number of carbonyl (C=O) groups excluding carboxylic acids is 1. The minimum atomic E-state index is -0.380. The first-order valence-corrected chi connectivity index (χ1v) is 19.0. The highest BCUT2D eigenvalue weighted by Crippen LogP contribution is 2.65. The molecule has 0 amide bonds. The molecule has 258 valence electrons. The summed E-state index contributed by atoms with van der Waals surface area (Å²) in [4.78, 5) is 25.4. The van der Waals surface area contributed by atoms with Gasteiger partial charge in [-0.1, -0.05) is 83.7 Å². The highest BCUT2D eigenvalue weighted by Gasteiger charge is 2.56. The van der Waals surface area contributed by atoms with E-state index in [9.17, 15) is 9.59 Å². The number of hydrogen-bond donors (Lipinski definition) is 0. The van der Waals surface area contributed by atoms with Crippen LogP contribution in [-0.2, 0) is 9.53 Å². The van der Waals surface area contributed by atoms with Gasteiger partial charge in [-0.25, -0.2) is 9.59 Å². The van der Waals surface area contributed by atoms with Gasteiger partial charge in [0.15, 0.2) is 6.61 Å². The monoisotopic (exact) mass is 652 g/mol. The number of benzene rings is 2. The van der Waals surface area contributed by atoms with Crippen molar-refractivity contribution in [1.82, 2.24) is 0 Å². The van der Waals surface area contributed by atoms with Crippen LogP contribution in [0, 0.1) is 46.3 Å². The van der Waals surface area contributed by atoms with E-state index in [0.29, 0.717) is 22.1 Å². The summed E-state index contributed by atoms with van der Waals surface area (Å²) < 4.78 is 17.4. The first kappa shape index (κ1) is 33.4. The fourth-order valence-electron chi connectivity index (χ4n) is 10.9. The summed E-state index contributed by atoms with van der Waals surface area (Å²) in [6, 6.07) is 12.8. The Kier molecular flexibility index (Phi) is 9.28. The summed E-state index contributed by atoms with van der Waals surface area (Å²) in [5.74, 6) is 5.10. The summed E-state index contributed by atoms with van der Waals surface area (Å²) in [6.45, 7) is 12.3. The first-order chi connectivity index (χ1) is 23.0. The molecule has 3 aromatic rings. The van der Waals surface area contributed by atoms with Gasteiger partial charge >= 0.3 is 11.6 Å². The molecule has 4 aliphatic rings. The van der Waals surface area contributed by atoms with E-state index in [2.05, 4.69) is 40.7 Å². The third-order valence-electron chi connectivity index (χ3n) is 13.6. The van der Waals surface area contributed by atoms with Gasteiger partial charge in [0.05, 0.1) is 5.39 Å². The van der Waals surface area contributed by atoms with Crippen LogP contribution in [0.2, 0.25) is 0 Å². The van der Waals surface area contributed by atoms with Crippen molar-refractivity contribution in [2.24, 2.45) is 46.3 Å². The Morgan fingerprint density at radius 2 is 1.75 bits per heavy atom. The Balaban J connectivity index is 0.947. The molecule has 1 heterocycles. The molecular weight excluding hydrogens is 596 g/mol. The fourth-order valence-corrected chi connectivity index (χ4v) is 10.9. The van der Waals surface area contributed by atoms with Crippen molar-refractivity contribution in [3.8, 4) is 5.75 Å². The Morgan fingerprint density at radius 3 is 2.56 bits per heavy atom. The predicted octanol–water partition coefficient (Wildman–Crippen LogP) is 10.7. The Morgan fingerprint density at radius 1 is 0.938 bits per heavy atom. The van der Waals surface area contributed by atoms with Gasteiger partial charge in [-0.15, -0.1) is 0 Å². The van der Waals surface area contributed by atoms with Crippen molar-refractivity contribution < 1.29 is 18.7 Å². The molecule has 5 nitrogen and oxygen atoms in total. The number of ether oxygens (including phenoxy) is 2. The molecule has 7 rings (SSSR count). The molecule has 1 aromatic heterocycles. The number of esters is 1. The Labute approximate surface area is 286 Å². The lowest BCUT2D eigenvalue weighted by atomic mass is 9.44. The molecule has 8 atom stereocenters. The molecule has 3 saturated carbocycles. The summed E-state index contributed by atoms with van der Waals surface area (Å²) in [5.41, 5.74) is 2.32. The van der Waals surface area contributed by atoms with E-state index in [4.69, 9.17) is 13.9 Å². The normalized spacial score (nSPS) is 32.2. The summed E-state index contributed by atoms with van der Waals surface area (Å²) in [5, 5.41) is 2.23. The molecule has 48 heavy (non-hydrogen) atoms. The minimum Gasteiger partial charge on any atom is -0.482 e. The van der Waals surface area contributed by atoms with Gasteiger partial charge < -0.3 is 13.9 Å². The molecule has 5 heteroatoms. The van der Waals surface area contributed by atoms with Gasteiger partial charge in [-0.05, 0) is 121 Å². The van der Waals surface area contributed by atoms with Crippen molar-refractivity contribution in [2.75, 3.05) is 6.61 Å². The summed E-state index contributed by atoms with van der Waals surface area (Å²) in [7, 11) is 0. The molecule has 4 aliphatic carbocycles. The molecule has 0 saturated heterocycles. The number of rotatable bonds is 9. The summed E-state index contributed by atoms with van der Waals surface area (Å²) >= 11 is 0. The van der Waals surface area contributed by atoms with Gasteiger partial charge in [0.1, 0.15) is 17.4 Å². The third-order valence-corrected chi connectivity index (χ3v) is 13.6. The highest BCUT2D eigenvalue weighted by molar-refractivity contribution is 6.04. The maximum Gasteiger partial charge on any atom is 0.344 e. The maximum absolute atomic E-state index is 13.0. The SMILES string of the molecule is CC(C)CCC[C@H](C)[C@@H]1CC[C@@H]2[C@@H]3CC=C4C[C@@H](OC(=O)COc5ccc6c(c5)oc(=O)c5ccccc56)CC[C@]4(C)[C@H]3CC[C@]2(C)C1. The van der Waals surface area contributed by atoms with Crippen LogP contribution in [0.15, 0.2) is 63.3 Å². The van der Waals surface area contributed by atoms with Crippen molar-refractivity contribution in [3.05, 3.63) is 64.5 Å². The third kappa shape index (κ3) is 6.36. The van der Waals surface area contributed by atoms with E-state index in [1.165, 1.54) is 63.4 Å². The van der Waals surface area contributed by atoms with Gasteiger partial charge in [0.25, 0.3) is 0 Å². The van der Waals surface area contributed by atoms with Crippen LogP contribution in [0.25, 0.3) is 21.7 Å². The molecule has 0 spiro atoms. The quantitative estimate of drug-likeness (QED) is 0.0996. The number of fused-ring (bicyclic) bond motifs is 8. The lowest BCUT2D eigenvalue weighted by Gasteiger charge is -2.61. The van der Waals surface area contributed by atoms with Crippen LogP contribution in [0.1, 0.15) is 112 Å². The average Bonchev–Trinajstić information content (AvgIpc) is 3.06. The standard InChI is InChI=1S/C43H56O5/c1-27(2)9-8-10-28(3)29-13-18-37-36-16-14-30-23-32(19-22-43(30,5)38(36)20-21-42(37,4)25-29)47-40(44)26-46-31-15-17-34-33-11-6-7-12-35(33)41(45)48-39(34)24-31/h6-7,11-12,14-15,17,24,27-29,32,36-38H,8-10,13,16,18-23,25-26H2,1-5H3/t28-,29+,32-,36-,37+,38-,42+,43-/m0/s1. The lowest BCUT2D eigenvalue weighted by molar-refractivity contribution is -0.154. The van der Waals surface area contributed by atoms with E-state index in [0.717, 1.165) is 65.5 Å². The second kappa shape index (κ2) is 13.3. The summed E-state index contributed by atoms with van der Waals surface area (Å²) in [6.07, 6.45) is 17.7. The number of carbonyl (C=O) groups is 1. The smallest absolute Gasteiger partial charge is 0.344 e. The average molecular weight is 653 g/mol. The van der Waals surface area contributed by atoms with E-state index in [1.807, 2.05) is 30.3 Å². The van der Waals surface area contributed by atoms with Crippen LogP contribution < -0.4 is 10.4 Å². The zero-order valence-electron chi connectivity index (χ0n) is 29.9. The maximum atomic E-state index is 13.0. The molecule has 0 N–H and O–H groups in total. The van der Waals surface area contributed by atoms with Crippen LogP contribution in [0.5, 0.6) is 5.75 Å². The second-order valence-electron chi connectivity index (χ2n) is 17.0. The lowest BCUT2D eigenvalue weighted by Crippen LogP contribution is -2.52. The van der Waals surface area contributed by atoms with Crippen LogP contribution in [-0.4, -0.2) is 18.7 Å². The topological polar surface area (TPSA) is 65.7 Å². The minimum absolute atomic E-state index is 0.0977. The van der Waals surface area contributed by atoms with E-state index >= 15 is 0 Å². The van der Waals surface area contributed by atoms with E-state index in [1.54, 1.807) is 12.1 Å². The van der Waals surface area contributed by atoms with Crippen molar-refractivity contribution >= 4 is 27.7 Å². The van der Waals surface area contributed by atoms with Crippen molar-refractivity contribution in [1.29, 1.82) is 0 Å². The zero-order chi connectivity index (χ0) is 33.6. The molecular formula is C43H56O5. The van der Waals surface area contributed by atoms with Crippen LogP contribution in [0.4, 0.5) is 0 Å². The Hall–Kier alpha value is -3.08. The first-order valence-electron chi connectivity index (χ1n) is 19.0. The zero-order valence-corrected chi connectivity index (χ0v) is 29.9. The van der Waals surface area contributed by atoms with E-state index < -0.39 is 0 Å². The predicted molar refractivity (Wildman–Crippen MR) is 193 cm³/mol. The number of hydrogen-bond acceptors (Lipinski definition) is 5.